The third kappa shape index (κ3) is 6.75. The highest BCUT2D eigenvalue weighted by Crippen LogP contribution is 2.44. The summed E-state index contributed by atoms with van der Waals surface area (Å²) < 4.78 is 11.2. The first-order chi connectivity index (χ1) is 19.9. The quantitative estimate of drug-likeness (QED) is 0.391. The standard InChI is InChI=1S/C32H35N3O6/c1-34(18-22-9-3-2-4-10-22)19-29(31(38)35-15-16-40-20-23(35)17-30(36)37)33-32(39)41-21-28-26-13-7-5-11-24(26)25-12-6-8-14-27(25)28/h2-14,23,28-29H,15-21H2,1H3,(H,33,39)(H,36,37). The second-order valence-corrected chi connectivity index (χ2v) is 10.6. The maximum atomic E-state index is 13.8. The van der Waals surface area contributed by atoms with Gasteiger partial charge < -0.3 is 24.8 Å². The van der Waals surface area contributed by atoms with E-state index in [0.717, 1.165) is 27.8 Å². The Bertz CT molecular complexity index is 1340. The number of likely N-dealkylation sites (N-methyl/N-ethyl adjacent to an activating group) is 1. The summed E-state index contributed by atoms with van der Waals surface area (Å²) in [6.45, 7) is 1.60. The van der Waals surface area contributed by atoms with Gasteiger partial charge in [0.25, 0.3) is 0 Å². The average molecular weight is 558 g/mol. The number of nitrogens with zero attached hydrogens (tertiary/aromatic N) is 2. The van der Waals surface area contributed by atoms with Gasteiger partial charge in [0.1, 0.15) is 12.6 Å². The molecule has 2 atom stereocenters. The summed E-state index contributed by atoms with van der Waals surface area (Å²) in [4.78, 5) is 41.9. The smallest absolute Gasteiger partial charge is 0.407 e. The number of carboxylic acid groups (broad SMARTS) is 1. The van der Waals surface area contributed by atoms with Gasteiger partial charge in [0.2, 0.25) is 5.91 Å². The van der Waals surface area contributed by atoms with E-state index >= 15 is 0 Å². The molecule has 2 aliphatic rings. The molecule has 41 heavy (non-hydrogen) atoms. The second kappa shape index (κ2) is 13.0. The fourth-order valence-electron chi connectivity index (χ4n) is 5.75. The van der Waals surface area contributed by atoms with Crippen molar-refractivity contribution in [2.24, 2.45) is 0 Å². The Morgan fingerprint density at radius 1 is 1.00 bits per heavy atom. The molecule has 5 rings (SSSR count). The van der Waals surface area contributed by atoms with Crippen molar-refractivity contribution in [3.8, 4) is 11.1 Å². The molecule has 0 saturated carbocycles. The minimum absolute atomic E-state index is 0.109. The predicted molar refractivity (Wildman–Crippen MR) is 153 cm³/mol. The lowest BCUT2D eigenvalue weighted by Crippen LogP contribution is -2.58. The molecule has 2 amide bonds. The maximum Gasteiger partial charge on any atom is 0.407 e. The third-order valence-corrected chi connectivity index (χ3v) is 7.64. The highest BCUT2D eigenvalue weighted by molar-refractivity contribution is 5.87. The molecule has 1 heterocycles. The zero-order valence-electron chi connectivity index (χ0n) is 23.1. The van der Waals surface area contributed by atoms with E-state index in [1.807, 2.05) is 78.7 Å². The zero-order chi connectivity index (χ0) is 28.8. The van der Waals surface area contributed by atoms with Gasteiger partial charge in [-0.3, -0.25) is 14.5 Å². The fraction of sp³-hybridized carbons (Fsp3) is 0.344. The van der Waals surface area contributed by atoms with Crippen LogP contribution in [0.3, 0.4) is 0 Å². The summed E-state index contributed by atoms with van der Waals surface area (Å²) in [5, 5.41) is 12.2. The van der Waals surface area contributed by atoms with E-state index in [1.165, 1.54) is 4.90 Å². The summed E-state index contributed by atoms with van der Waals surface area (Å²) in [6.07, 6.45) is -0.926. The van der Waals surface area contributed by atoms with E-state index in [4.69, 9.17) is 9.47 Å². The molecule has 1 saturated heterocycles. The van der Waals surface area contributed by atoms with Gasteiger partial charge in [-0.25, -0.2) is 4.79 Å². The van der Waals surface area contributed by atoms with E-state index in [0.29, 0.717) is 13.2 Å². The molecule has 1 aliphatic heterocycles. The first kappa shape index (κ1) is 28.3. The van der Waals surface area contributed by atoms with Gasteiger partial charge in [0.05, 0.1) is 25.7 Å². The summed E-state index contributed by atoms with van der Waals surface area (Å²) in [5.74, 6) is -1.48. The van der Waals surface area contributed by atoms with Crippen molar-refractivity contribution in [1.29, 1.82) is 0 Å². The molecule has 0 aromatic heterocycles. The average Bonchev–Trinajstić information content (AvgIpc) is 3.29. The zero-order valence-corrected chi connectivity index (χ0v) is 23.1. The molecule has 9 nitrogen and oxygen atoms in total. The summed E-state index contributed by atoms with van der Waals surface area (Å²) in [5.41, 5.74) is 5.52. The van der Waals surface area contributed by atoms with Crippen LogP contribution in [0.15, 0.2) is 78.9 Å². The SMILES string of the molecule is CN(Cc1ccccc1)CC(NC(=O)OCC1c2ccccc2-c2ccccc21)C(=O)N1CCOCC1CC(=O)O. The van der Waals surface area contributed by atoms with Gasteiger partial charge in [0, 0.05) is 25.6 Å². The Hall–Kier alpha value is -4.21. The van der Waals surface area contributed by atoms with Crippen LogP contribution in [-0.4, -0.2) is 84.9 Å². The Kier molecular flexibility index (Phi) is 8.96. The molecule has 9 heteroatoms. The van der Waals surface area contributed by atoms with Gasteiger partial charge in [-0.05, 0) is 34.9 Å². The van der Waals surface area contributed by atoms with E-state index in [1.54, 1.807) is 0 Å². The van der Waals surface area contributed by atoms with Crippen LogP contribution in [0.4, 0.5) is 4.79 Å². The molecule has 2 unspecified atom stereocenters. The molecule has 0 radical (unpaired) electrons. The van der Waals surface area contributed by atoms with Crippen LogP contribution in [0.1, 0.15) is 29.0 Å². The normalized spacial score (nSPS) is 17.0. The number of nitrogens with one attached hydrogen (secondary N) is 1. The van der Waals surface area contributed by atoms with Crippen molar-refractivity contribution in [2.75, 3.05) is 40.0 Å². The molecule has 0 bridgehead atoms. The number of hydrogen-bond donors (Lipinski definition) is 2. The summed E-state index contributed by atoms with van der Waals surface area (Å²) >= 11 is 0. The fourth-order valence-corrected chi connectivity index (χ4v) is 5.75. The minimum Gasteiger partial charge on any atom is -0.481 e. The van der Waals surface area contributed by atoms with Crippen LogP contribution < -0.4 is 5.32 Å². The number of alkyl carbamates (subject to hydrolysis) is 1. The number of carbonyl (C=O) groups is 3. The largest absolute Gasteiger partial charge is 0.481 e. The van der Waals surface area contributed by atoms with Gasteiger partial charge in [-0.1, -0.05) is 78.9 Å². The van der Waals surface area contributed by atoms with Crippen molar-refractivity contribution < 1.29 is 29.0 Å². The van der Waals surface area contributed by atoms with Crippen LogP contribution in [0.2, 0.25) is 0 Å². The van der Waals surface area contributed by atoms with E-state index < -0.39 is 24.1 Å². The molecule has 1 aliphatic carbocycles. The van der Waals surface area contributed by atoms with Crippen LogP contribution in [0.5, 0.6) is 0 Å². The van der Waals surface area contributed by atoms with E-state index in [9.17, 15) is 19.5 Å². The number of carboxylic acids is 1. The number of ether oxygens (including phenoxy) is 2. The topological polar surface area (TPSA) is 108 Å². The van der Waals surface area contributed by atoms with Crippen molar-refractivity contribution in [3.05, 3.63) is 95.6 Å². The first-order valence-electron chi connectivity index (χ1n) is 13.8. The number of fused-ring (bicyclic) bond motifs is 3. The molecule has 3 aromatic rings. The Balaban J connectivity index is 1.30. The highest BCUT2D eigenvalue weighted by atomic mass is 16.5. The van der Waals surface area contributed by atoms with Crippen molar-refractivity contribution >= 4 is 18.0 Å². The molecule has 0 spiro atoms. The number of carbonyl (C=O) groups excluding carboxylic acids is 2. The lowest BCUT2D eigenvalue weighted by molar-refractivity contribution is -0.147. The molecular formula is C32H35N3O6. The summed E-state index contributed by atoms with van der Waals surface area (Å²) in [7, 11) is 1.88. The van der Waals surface area contributed by atoms with Crippen LogP contribution >= 0.6 is 0 Å². The highest BCUT2D eigenvalue weighted by Gasteiger charge is 2.35. The van der Waals surface area contributed by atoms with E-state index in [-0.39, 0.29) is 44.5 Å². The van der Waals surface area contributed by atoms with Crippen LogP contribution in [-0.2, 0) is 25.6 Å². The molecule has 214 valence electrons. The summed E-state index contributed by atoms with van der Waals surface area (Å²) in [6, 6.07) is 24.5. The van der Waals surface area contributed by atoms with Gasteiger partial charge >= 0.3 is 12.1 Å². The lowest BCUT2D eigenvalue weighted by Gasteiger charge is -2.37. The maximum absolute atomic E-state index is 13.8. The van der Waals surface area contributed by atoms with Crippen LogP contribution in [0, 0.1) is 0 Å². The third-order valence-electron chi connectivity index (χ3n) is 7.64. The molecule has 3 aromatic carbocycles. The second-order valence-electron chi connectivity index (χ2n) is 10.6. The van der Waals surface area contributed by atoms with Crippen molar-refractivity contribution in [1.82, 2.24) is 15.1 Å². The Labute approximate surface area is 239 Å². The Morgan fingerprint density at radius 2 is 1.63 bits per heavy atom. The number of morpholine rings is 1. The van der Waals surface area contributed by atoms with Crippen LogP contribution in [0.25, 0.3) is 11.1 Å². The van der Waals surface area contributed by atoms with E-state index in [2.05, 4.69) is 17.4 Å². The van der Waals surface area contributed by atoms with Gasteiger partial charge in [0.15, 0.2) is 0 Å². The first-order valence-corrected chi connectivity index (χ1v) is 13.8. The van der Waals surface area contributed by atoms with Gasteiger partial charge in [-0.2, -0.15) is 0 Å². The van der Waals surface area contributed by atoms with Gasteiger partial charge in [-0.15, -0.1) is 0 Å². The number of amides is 2. The monoisotopic (exact) mass is 557 g/mol. The number of hydrogen-bond acceptors (Lipinski definition) is 6. The number of aliphatic carboxylic acids is 1. The van der Waals surface area contributed by atoms with Crippen molar-refractivity contribution in [2.45, 2.75) is 31.0 Å². The molecule has 1 fully saturated rings. The minimum atomic E-state index is -1.01. The Morgan fingerprint density at radius 3 is 2.29 bits per heavy atom. The predicted octanol–water partition coefficient (Wildman–Crippen LogP) is 3.73. The molecule has 2 N–H and O–H groups in total. The number of benzene rings is 3. The number of rotatable bonds is 10. The lowest BCUT2D eigenvalue weighted by atomic mass is 9.98. The van der Waals surface area contributed by atoms with Crippen molar-refractivity contribution in [3.63, 3.8) is 0 Å². The molecular weight excluding hydrogens is 522 g/mol.